The second-order valence-electron chi connectivity index (χ2n) is 5.26. The van der Waals surface area contributed by atoms with Crippen molar-refractivity contribution in [3.63, 3.8) is 0 Å². The van der Waals surface area contributed by atoms with Gasteiger partial charge >= 0.3 is 5.69 Å². The van der Waals surface area contributed by atoms with Crippen LogP contribution < -0.4 is 10.5 Å². The summed E-state index contributed by atoms with van der Waals surface area (Å²) in [7, 11) is 0. The third kappa shape index (κ3) is 2.25. The maximum absolute atomic E-state index is 13.6. The van der Waals surface area contributed by atoms with Crippen molar-refractivity contribution in [3.8, 4) is 5.75 Å². The van der Waals surface area contributed by atoms with Crippen molar-refractivity contribution < 1.29 is 18.4 Å². The summed E-state index contributed by atoms with van der Waals surface area (Å²) in [5, 5.41) is 10.5. The van der Waals surface area contributed by atoms with E-state index in [9.17, 15) is 18.9 Å². The van der Waals surface area contributed by atoms with E-state index in [4.69, 9.17) is 10.5 Å². The molecule has 7 heteroatoms. The van der Waals surface area contributed by atoms with Gasteiger partial charge in [0.25, 0.3) is 0 Å². The Morgan fingerprint density at radius 3 is 2.53 bits per heavy atom. The number of benzene rings is 1. The summed E-state index contributed by atoms with van der Waals surface area (Å²) in [6.45, 7) is 3.73. The summed E-state index contributed by atoms with van der Waals surface area (Å²) < 4.78 is 32.4. The molecule has 2 atom stereocenters. The van der Waals surface area contributed by atoms with Gasteiger partial charge in [-0.05, 0) is 0 Å². The number of halogens is 2. The molecule has 1 aliphatic rings. The van der Waals surface area contributed by atoms with Gasteiger partial charge in [0.05, 0.1) is 11.0 Å². The second kappa shape index (κ2) is 4.41. The molecular formula is C12H14F2N2O3. The molecule has 0 heterocycles. The Bertz CT molecular complexity index is 534. The summed E-state index contributed by atoms with van der Waals surface area (Å²) in [4.78, 5) is 9.48. The molecule has 0 bridgehead atoms. The van der Waals surface area contributed by atoms with E-state index in [-0.39, 0.29) is 23.3 Å². The molecule has 1 aliphatic carbocycles. The van der Waals surface area contributed by atoms with E-state index in [1.54, 1.807) is 0 Å². The van der Waals surface area contributed by atoms with Gasteiger partial charge in [0.15, 0.2) is 11.6 Å². The molecule has 2 N–H and O–H groups in total. The molecule has 1 aromatic rings. The van der Waals surface area contributed by atoms with E-state index in [1.165, 1.54) is 0 Å². The highest BCUT2D eigenvalue weighted by Crippen LogP contribution is 2.42. The first-order chi connectivity index (χ1) is 8.73. The minimum absolute atomic E-state index is 0.0662. The Hall–Kier alpha value is -1.76. The molecule has 2 rings (SSSR count). The molecule has 104 valence electrons. The van der Waals surface area contributed by atoms with E-state index >= 15 is 0 Å². The van der Waals surface area contributed by atoms with Crippen molar-refractivity contribution in [2.24, 2.45) is 11.1 Å². The van der Waals surface area contributed by atoms with Gasteiger partial charge in [0, 0.05) is 23.9 Å². The molecule has 0 amide bonds. The lowest BCUT2D eigenvalue weighted by atomic mass is 9.65. The highest BCUT2D eigenvalue weighted by molar-refractivity contribution is 5.39. The van der Waals surface area contributed by atoms with Gasteiger partial charge in [0.1, 0.15) is 6.10 Å². The largest absolute Gasteiger partial charge is 0.487 e. The first-order valence-electron chi connectivity index (χ1n) is 5.79. The predicted octanol–water partition coefficient (Wildman–Crippen LogP) is 2.38. The van der Waals surface area contributed by atoms with Crippen LogP contribution in [0.1, 0.15) is 20.3 Å². The van der Waals surface area contributed by atoms with E-state index in [0.29, 0.717) is 18.6 Å². The van der Waals surface area contributed by atoms with Crippen molar-refractivity contribution in [2.45, 2.75) is 32.4 Å². The van der Waals surface area contributed by atoms with E-state index in [2.05, 4.69) is 0 Å². The predicted molar refractivity (Wildman–Crippen MR) is 63.8 cm³/mol. The third-order valence-corrected chi connectivity index (χ3v) is 3.72. The summed E-state index contributed by atoms with van der Waals surface area (Å²) in [6, 6.07) is 1.16. The lowest BCUT2D eigenvalue weighted by molar-refractivity contribution is -0.387. The average molecular weight is 272 g/mol. The molecule has 0 radical (unpaired) electrons. The number of rotatable bonds is 3. The standard InChI is InChI=1S/C12H14F2N2O3/c1-12(2)10(15)5-11(12)19-9-4-6(13)8(16(17)18)3-7(9)14/h3-4,10-11H,5,15H2,1-2H3. The molecule has 1 fully saturated rings. The van der Waals surface area contributed by atoms with Crippen LogP contribution in [0.4, 0.5) is 14.5 Å². The Morgan fingerprint density at radius 1 is 1.42 bits per heavy atom. The van der Waals surface area contributed by atoms with E-state index < -0.39 is 22.2 Å². The number of nitrogens with zero attached hydrogens (tertiary/aromatic N) is 1. The lowest BCUT2D eigenvalue weighted by Crippen LogP contribution is -2.60. The zero-order valence-electron chi connectivity index (χ0n) is 10.5. The molecule has 2 unspecified atom stereocenters. The molecule has 1 saturated carbocycles. The highest BCUT2D eigenvalue weighted by atomic mass is 19.1. The van der Waals surface area contributed by atoms with Gasteiger partial charge in [-0.2, -0.15) is 4.39 Å². The molecule has 0 saturated heterocycles. The molecule has 0 aromatic heterocycles. The highest BCUT2D eigenvalue weighted by Gasteiger charge is 2.48. The molecule has 5 nitrogen and oxygen atoms in total. The molecule has 19 heavy (non-hydrogen) atoms. The van der Waals surface area contributed by atoms with Gasteiger partial charge in [-0.3, -0.25) is 10.1 Å². The number of nitro benzene ring substituents is 1. The van der Waals surface area contributed by atoms with Crippen LogP contribution in [0.15, 0.2) is 12.1 Å². The van der Waals surface area contributed by atoms with Crippen LogP contribution in [0.3, 0.4) is 0 Å². The van der Waals surface area contributed by atoms with Crippen molar-refractivity contribution >= 4 is 5.69 Å². The van der Waals surface area contributed by atoms with Crippen LogP contribution in [0.25, 0.3) is 0 Å². The van der Waals surface area contributed by atoms with Crippen molar-refractivity contribution in [2.75, 3.05) is 0 Å². The maximum Gasteiger partial charge on any atom is 0.307 e. The van der Waals surface area contributed by atoms with Gasteiger partial charge < -0.3 is 10.5 Å². The minimum atomic E-state index is -1.12. The van der Waals surface area contributed by atoms with Crippen LogP contribution in [-0.2, 0) is 0 Å². The zero-order valence-corrected chi connectivity index (χ0v) is 10.5. The Morgan fingerprint density at radius 2 is 2.05 bits per heavy atom. The fraction of sp³-hybridized carbons (Fsp3) is 0.500. The van der Waals surface area contributed by atoms with Crippen LogP contribution in [0.2, 0.25) is 0 Å². The van der Waals surface area contributed by atoms with Gasteiger partial charge in [0.2, 0.25) is 5.82 Å². The fourth-order valence-corrected chi connectivity index (χ4v) is 2.02. The van der Waals surface area contributed by atoms with Gasteiger partial charge in [-0.25, -0.2) is 4.39 Å². The Balaban J connectivity index is 2.23. The summed E-state index contributed by atoms with van der Waals surface area (Å²) in [6.07, 6.45) is 0.197. The van der Waals surface area contributed by atoms with E-state index in [0.717, 1.165) is 0 Å². The minimum Gasteiger partial charge on any atom is -0.487 e. The molecule has 0 spiro atoms. The molecule has 0 aliphatic heterocycles. The smallest absolute Gasteiger partial charge is 0.307 e. The van der Waals surface area contributed by atoms with Gasteiger partial charge in [-0.1, -0.05) is 13.8 Å². The summed E-state index contributed by atoms with van der Waals surface area (Å²) >= 11 is 0. The molecular weight excluding hydrogens is 258 g/mol. The SMILES string of the molecule is CC1(C)C(N)CC1Oc1cc(F)c([N+](=O)[O-])cc1F. The normalized spacial score (nSPS) is 24.7. The quantitative estimate of drug-likeness (QED) is 0.676. The third-order valence-electron chi connectivity index (χ3n) is 3.72. The zero-order chi connectivity index (χ0) is 14.4. The first-order valence-corrected chi connectivity index (χ1v) is 5.79. The second-order valence-corrected chi connectivity index (χ2v) is 5.26. The first kappa shape index (κ1) is 13.7. The van der Waals surface area contributed by atoms with Crippen LogP contribution in [0.5, 0.6) is 5.75 Å². The van der Waals surface area contributed by atoms with Crippen molar-refractivity contribution in [1.82, 2.24) is 0 Å². The number of ether oxygens (including phenoxy) is 1. The number of nitro groups is 1. The fourth-order valence-electron chi connectivity index (χ4n) is 2.02. The molecule has 1 aromatic carbocycles. The number of hydrogen-bond acceptors (Lipinski definition) is 4. The van der Waals surface area contributed by atoms with Gasteiger partial charge in [-0.15, -0.1) is 0 Å². The number of hydrogen-bond donors (Lipinski definition) is 1. The lowest BCUT2D eigenvalue weighted by Gasteiger charge is -2.49. The van der Waals surface area contributed by atoms with E-state index in [1.807, 2.05) is 13.8 Å². The van der Waals surface area contributed by atoms with Crippen molar-refractivity contribution in [1.29, 1.82) is 0 Å². The van der Waals surface area contributed by atoms with Crippen LogP contribution in [0, 0.1) is 27.2 Å². The van der Waals surface area contributed by atoms with Crippen molar-refractivity contribution in [3.05, 3.63) is 33.9 Å². The van der Waals surface area contributed by atoms with Crippen LogP contribution in [-0.4, -0.2) is 17.1 Å². The monoisotopic (exact) mass is 272 g/mol. The summed E-state index contributed by atoms with van der Waals surface area (Å²) in [5.74, 6) is -2.40. The Kier molecular flexibility index (Phi) is 3.17. The number of nitrogens with two attached hydrogens (primary N) is 1. The summed E-state index contributed by atoms with van der Waals surface area (Å²) in [5.41, 5.74) is 4.54. The maximum atomic E-state index is 13.6. The Labute approximate surface area is 108 Å². The van der Waals surface area contributed by atoms with Crippen LogP contribution >= 0.6 is 0 Å². The average Bonchev–Trinajstić information content (AvgIpc) is 2.32. The topological polar surface area (TPSA) is 78.4 Å².